The molecular formula is C25H31N3O3S. The molecule has 170 valence electrons. The topological polar surface area (TPSA) is 81.1 Å². The van der Waals surface area contributed by atoms with Crippen LogP contribution in [0.3, 0.4) is 0 Å². The first-order valence-corrected chi connectivity index (χ1v) is 12.0. The summed E-state index contributed by atoms with van der Waals surface area (Å²) in [6, 6.07) is 12.3. The van der Waals surface area contributed by atoms with Crippen LogP contribution >= 0.6 is 0 Å². The Kier molecular flexibility index (Phi) is 6.33. The number of hydrogen-bond donors (Lipinski definition) is 1. The molecule has 0 aliphatic heterocycles. The molecule has 0 unspecified atom stereocenters. The van der Waals surface area contributed by atoms with Crippen molar-refractivity contribution in [3.8, 4) is 0 Å². The number of rotatable bonds is 5. The maximum Gasteiger partial charge on any atom is 0.283 e. The Bertz CT molecular complexity index is 1260. The van der Waals surface area contributed by atoms with Crippen LogP contribution in [0.25, 0.3) is 0 Å². The second-order valence-electron chi connectivity index (χ2n) is 9.45. The van der Waals surface area contributed by atoms with Gasteiger partial charge in [0.1, 0.15) is 5.69 Å². The minimum atomic E-state index is -4.01. The fourth-order valence-corrected chi connectivity index (χ4v) is 4.78. The molecule has 0 radical (unpaired) electrons. The lowest BCUT2D eigenvalue weighted by molar-refractivity contribution is 0.0971. The van der Waals surface area contributed by atoms with Crippen molar-refractivity contribution in [2.45, 2.75) is 65.3 Å². The Hall–Kier alpha value is -2.93. The van der Waals surface area contributed by atoms with E-state index in [1.807, 2.05) is 41.5 Å². The van der Waals surface area contributed by atoms with Crippen LogP contribution in [0.2, 0.25) is 0 Å². The number of carbonyl (C=O) groups excluding carboxylic acids is 1. The fourth-order valence-electron chi connectivity index (χ4n) is 3.71. The molecule has 0 fully saturated rings. The zero-order valence-corrected chi connectivity index (χ0v) is 20.6. The second kappa shape index (κ2) is 8.54. The molecule has 0 saturated heterocycles. The van der Waals surface area contributed by atoms with Crippen molar-refractivity contribution >= 4 is 15.9 Å². The van der Waals surface area contributed by atoms with Crippen LogP contribution in [0.4, 0.5) is 0 Å². The number of aryl methyl sites for hydroxylation is 4. The molecule has 7 heteroatoms. The van der Waals surface area contributed by atoms with Gasteiger partial charge >= 0.3 is 0 Å². The third-order valence-electron chi connectivity index (χ3n) is 5.46. The molecule has 1 amide bonds. The molecule has 0 bridgehead atoms. The molecule has 3 rings (SSSR count). The molecule has 1 aromatic heterocycles. The molecule has 0 atom stereocenters. The zero-order chi connectivity index (χ0) is 23.8. The van der Waals surface area contributed by atoms with Crippen LogP contribution in [0, 0.1) is 27.7 Å². The van der Waals surface area contributed by atoms with E-state index in [-0.39, 0.29) is 16.0 Å². The van der Waals surface area contributed by atoms with E-state index in [1.54, 1.807) is 29.8 Å². The van der Waals surface area contributed by atoms with E-state index in [2.05, 4.69) is 22.0 Å². The first-order valence-electron chi connectivity index (χ1n) is 10.6. The highest BCUT2D eigenvalue weighted by molar-refractivity contribution is 7.90. The Balaban J connectivity index is 2.02. The van der Waals surface area contributed by atoms with Gasteiger partial charge < -0.3 is 0 Å². The zero-order valence-electron chi connectivity index (χ0n) is 19.8. The van der Waals surface area contributed by atoms with Crippen molar-refractivity contribution in [1.29, 1.82) is 0 Å². The van der Waals surface area contributed by atoms with Gasteiger partial charge in [-0.1, -0.05) is 50.6 Å². The second-order valence-corrected chi connectivity index (χ2v) is 11.1. The summed E-state index contributed by atoms with van der Waals surface area (Å²) in [6.45, 7) is 14.3. The number of amides is 1. The third-order valence-corrected chi connectivity index (χ3v) is 6.78. The summed E-state index contributed by atoms with van der Waals surface area (Å²) >= 11 is 0. The van der Waals surface area contributed by atoms with E-state index < -0.39 is 15.9 Å². The average molecular weight is 454 g/mol. The number of nitrogens with one attached hydrogen (secondary N) is 1. The quantitative estimate of drug-likeness (QED) is 0.613. The first-order chi connectivity index (χ1) is 14.8. The Morgan fingerprint density at radius 1 is 0.969 bits per heavy atom. The minimum absolute atomic E-state index is 0.0539. The minimum Gasteiger partial charge on any atom is -0.266 e. The normalized spacial score (nSPS) is 12.1. The number of sulfonamides is 1. The molecule has 1 heterocycles. The highest BCUT2D eigenvalue weighted by Gasteiger charge is 2.26. The molecule has 32 heavy (non-hydrogen) atoms. The van der Waals surface area contributed by atoms with Gasteiger partial charge in [-0.25, -0.2) is 13.1 Å². The number of hydrogen-bond acceptors (Lipinski definition) is 4. The lowest BCUT2D eigenvalue weighted by Gasteiger charge is -2.15. The largest absolute Gasteiger partial charge is 0.283 e. The van der Waals surface area contributed by atoms with Gasteiger partial charge in [-0.05, 0) is 68.1 Å². The molecule has 0 aliphatic carbocycles. The lowest BCUT2D eigenvalue weighted by Crippen LogP contribution is -2.32. The van der Waals surface area contributed by atoms with Gasteiger partial charge in [0, 0.05) is 5.41 Å². The van der Waals surface area contributed by atoms with E-state index in [9.17, 15) is 13.2 Å². The Morgan fingerprint density at radius 3 is 2.16 bits per heavy atom. The predicted octanol–water partition coefficient (Wildman–Crippen LogP) is 4.58. The van der Waals surface area contributed by atoms with Crippen LogP contribution in [0.15, 0.2) is 47.4 Å². The van der Waals surface area contributed by atoms with E-state index in [0.717, 1.165) is 27.9 Å². The Morgan fingerprint density at radius 2 is 1.59 bits per heavy atom. The molecular weight excluding hydrogens is 422 g/mol. The standard InChI is InChI=1S/C25H31N3O3S/c1-16-9-8-10-20(13-16)32(30,31)27-24(29)22-14-23(25(5,6)7)26-28(22)15-21-18(3)11-17(2)12-19(21)4/h8-14H,15H2,1-7H3,(H,27,29). The van der Waals surface area contributed by atoms with Gasteiger partial charge in [0.25, 0.3) is 15.9 Å². The number of nitrogens with zero attached hydrogens (tertiary/aromatic N) is 2. The molecule has 0 saturated carbocycles. The Labute approximate surface area is 190 Å². The van der Waals surface area contributed by atoms with Crippen molar-refractivity contribution in [3.05, 3.63) is 81.7 Å². The molecule has 2 aromatic carbocycles. The van der Waals surface area contributed by atoms with Crippen LogP contribution in [0.5, 0.6) is 0 Å². The summed E-state index contributed by atoms with van der Waals surface area (Å²) < 4.78 is 29.5. The maximum atomic E-state index is 13.1. The predicted molar refractivity (Wildman–Crippen MR) is 127 cm³/mol. The molecule has 6 nitrogen and oxygen atoms in total. The molecule has 0 aliphatic rings. The number of aromatic nitrogens is 2. The van der Waals surface area contributed by atoms with E-state index >= 15 is 0 Å². The summed E-state index contributed by atoms with van der Waals surface area (Å²) in [5, 5.41) is 4.68. The van der Waals surface area contributed by atoms with Crippen LogP contribution in [-0.2, 0) is 22.0 Å². The van der Waals surface area contributed by atoms with Gasteiger partial charge in [0.05, 0.1) is 17.1 Å². The molecule has 0 spiro atoms. The van der Waals surface area contributed by atoms with Gasteiger partial charge in [0.2, 0.25) is 0 Å². The summed E-state index contributed by atoms with van der Waals surface area (Å²) in [5.41, 5.74) is 5.88. The average Bonchev–Trinajstić information content (AvgIpc) is 3.09. The highest BCUT2D eigenvalue weighted by Crippen LogP contribution is 2.24. The van der Waals surface area contributed by atoms with Crippen molar-refractivity contribution in [3.63, 3.8) is 0 Å². The van der Waals surface area contributed by atoms with Gasteiger partial charge in [-0.2, -0.15) is 5.10 Å². The number of carbonyl (C=O) groups is 1. The van der Waals surface area contributed by atoms with Gasteiger partial charge in [-0.3, -0.25) is 9.48 Å². The monoisotopic (exact) mass is 453 g/mol. The fraction of sp³-hybridized carbons (Fsp3) is 0.360. The lowest BCUT2D eigenvalue weighted by atomic mass is 9.92. The van der Waals surface area contributed by atoms with Crippen LogP contribution in [0.1, 0.15) is 64.8 Å². The van der Waals surface area contributed by atoms with Gasteiger partial charge in [-0.15, -0.1) is 0 Å². The summed E-state index contributed by atoms with van der Waals surface area (Å²) in [4.78, 5) is 13.2. The van der Waals surface area contributed by atoms with Crippen molar-refractivity contribution in [1.82, 2.24) is 14.5 Å². The first kappa shape index (κ1) is 23.7. The maximum absolute atomic E-state index is 13.1. The molecule has 1 N–H and O–H groups in total. The van der Waals surface area contributed by atoms with E-state index in [0.29, 0.717) is 6.54 Å². The number of benzene rings is 2. The summed E-state index contributed by atoms with van der Waals surface area (Å²) in [5.74, 6) is -0.697. The van der Waals surface area contributed by atoms with E-state index in [4.69, 9.17) is 0 Å². The SMILES string of the molecule is Cc1cccc(S(=O)(=O)NC(=O)c2cc(C(C)(C)C)nn2Cc2c(C)cc(C)cc2C)c1. The van der Waals surface area contributed by atoms with E-state index in [1.165, 1.54) is 17.7 Å². The third kappa shape index (κ3) is 5.10. The summed E-state index contributed by atoms with van der Waals surface area (Å²) in [7, 11) is -4.01. The summed E-state index contributed by atoms with van der Waals surface area (Å²) in [6.07, 6.45) is 0. The molecule has 3 aromatic rings. The van der Waals surface area contributed by atoms with Crippen molar-refractivity contribution in [2.75, 3.05) is 0 Å². The van der Waals surface area contributed by atoms with Crippen molar-refractivity contribution in [2.24, 2.45) is 0 Å². The highest BCUT2D eigenvalue weighted by atomic mass is 32.2. The van der Waals surface area contributed by atoms with Gasteiger partial charge in [0.15, 0.2) is 0 Å². The smallest absolute Gasteiger partial charge is 0.266 e. The van der Waals surface area contributed by atoms with Crippen LogP contribution in [-0.4, -0.2) is 24.1 Å². The van der Waals surface area contributed by atoms with Crippen LogP contribution < -0.4 is 4.72 Å². The van der Waals surface area contributed by atoms with Crippen molar-refractivity contribution < 1.29 is 13.2 Å².